The number of primary amides is 1. The lowest BCUT2D eigenvalue weighted by molar-refractivity contribution is -0.142. The van der Waals surface area contributed by atoms with Crippen molar-refractivity contribution < 1.29 is 24.3 Å². The molecule has 0 spiro atoms. The Labute approximate surface area is 223 Å². The number of hydrogen-bond donors (Lipinski definition) is 5. The predicted molar refractivity (Wildman–Crippen MR) is 143 cm³/mol. The number of aromatic nitrogens is 2. The van der Waals surface area contributed by atoms with E-state index in [1.165, 1.54) is 6.07 Å². The Balaban J connectivity index is 2.01. The first kappa shape index (κ1) is 28.8. The number of benzene rings is 2. The van der Waals surface area contributed by atoms with Crippen molar-refractivity contribution >= 4 is 34.6 Å². The normalized spacial score (nSPS) is 13.4. The molecule has 3 atom stereocenters. The van der Waals surface area contributed by atoms with E-state index in [4.69, 9.17) is 5.73 Å². The number of carbonyl (C=O) groups excluding carboxylic acids is 3. The van der Waals surface area contributed by atoms with E-state index in [9.17, 15) is 33.9 Å². The predicted octanol–water partition coefficient (Wildman–Crippen LogP) is 0.449. The summed E-state index contributed by atoms with van der Waals surface area (Å²) in [6, 6.07) is 10.7. The number of para-hydroxylation sites is 1. The van der Waals surface area contributed by atoms with Crippen LogP contribution in [-0.2, 0) is 25.6 Å². The molecular formula is C27H31N5O7. The van der Waals surface area contributed by atoms with E-state index in [0.717, 1.165) is 4.57 Å². The highest BCUT2D eigenvalue weighted by Crippen LogP contribution is 2.15. The second-order valence-corrected chi connectivity index (χ2v) is 9.62. The van der Waals surface area contributed by atoms with Crippen molar-refractivity contribution in [2.45, 2.75) is 51.2 Å². The lowest BCUT2D eigenvalue weighted by atomic mass is 10.0. The molecule has 0 saturated carbocycles. The van der Waals surface area contributed by atoms with Gasteiger partial charge in [-0.25, -0.2) is 14.2 Å². The Morgan fingerprint density at radius 1 is 0.923 bits per heavy atom. The molecule has 1 heterocycles. The molecule has 0 aliphatic rings. The van der Waals surface area contributed by atoms with Crippen molar-refractivity contribution in [1.29, 1.82) is 0 Å². The number of carboxylic acid groups (broad SMARTS) is 1. The highest BCUT2D eigenvalue weighted by atomic mass is 16.4. The Kier molecular flexibility index (Phi) is 9.37. The van der Waals surface area contributed by atoms with Crippen LogP contribution in [0, 0.1) is 5.92 Å². The third-order valence-electron chi connectivity index (χ3n) is 6.08. The summed E-state index contributed by atoms with van der Waals surface area (Å²) in [6.07, 6.45) is -0.618. The molecule has 3 unspecified atom stereocenters. The Hall–Kier alpha value is -4.74. The molecule has 6 N–H and O–H groups in total. The van der Waals surface area contributed by atoms with Gasteiger partial charge < -0.3 is 26.5 Å². The number of carbonyl (C=O) groups is 4. The largest absolute Gasteiger partial charge is 0.480 e. The fourth-order valence-electron chi connectivity index (χ4n) is 4.24. The lowest BCUT2D eigenvalue weighted by Crippen LogP contribution is -2.55. The maximum Gasteiger partial charge on any atom is 0.329 e. The number of hydrogen-bond acceptors (Lipinski definition) is 6. The number of nitrogens with two attached hydrogens (primary N) is 1. The number of fused-ring (bicyclic) bond motifs is 1. The lowest BCUT2D eigenvalue weighted by Gasteiger charge is -2.24. The number of H-pyrrole nitrogens is 1. The number of aromatic amines is 1. The number of amides is 3. The summed E-state index contributed by atoms with van der Waals surface area (Å²) < 4.78 is 0.767. The van der Waals surface area contributed by atoms with Crippen molar-refractivity contribution in [1.82, 2.24) is 20.2 Å². The van der Waals surface area contributed by atoms with Gasteiger partial charge >= 0.3 is 11.7 Å². The molecule has 39 heavy (non-hydrogen) atoms. The van der Waals surface area contributed by atoms with E-state index in [-0.39, 0.29) is 24.1 Å². The van der Waals surface area contributed by atoms with Gasteiger partial charge in [-0.3, -0.25) is 19.2 Å². The second-order valence-electron chi connectivity index (χ2n) is 9.62. The van der Waals surface area contributed by atoms with E-state index in [1.807, 2.05) is 0 Å². The molecule has 3 rings (SSSR count). The molecule has 0 fully saturated rings. The summed E-state index contributed by atoms with van der Waals surface area (Å²) >= 11 is 0. The number of carboxylic acids is 1. The summed E-state index contributed by atoms with van der Waals surface area (Å²) in [4.78, 5) is 79.0. The van der Waals surface area contributed by atoms with Gasteiger partial charge in [0.15, 0.2) is 0 Å². The molecule has 12 nitrogen and oxygen atoms in total. The smallest absolute Gasteiger partial charge is 0.329 e. The second kappa shape index (κ2) is 12.7. The molecule has 12 heteroatoms. The van der Waals surface area contributed by atoms with Gasteiger partial charge in [0.05, 0.1) is 17.3 Å². The van der Waals surface area contributed by atoms with Crippen molar-refractivity contribution in [2.24, 2.45) is 11.7 Å². The Morgan fingerprint density at radius 2 is 1.54 bits per heavy atom. The van der Waals surface area contributed by atoms with E-state index < -0.39 is 59.5 Å². The molecule has 2 aromatic carbocycles. The van der Waals surface area contributed by atoms with Crippen molar-refractivity contribution in [3.8, 4) is 0 Å². The number of rotatable bonds is 12. The zero-order valence-corrected chi connectivity index (χ0v) is 21.5. The SMILES string of the molecule is CC(C)CC(NC(=O)C(CC(N)=O)NC(=O)C(Cc1ccccc1)n1c(=O)[nH]c2ccccc2c1=O)C(=O)O. The number of nitrogens with zero attached hydrogens (tertiary/aromatic N) is 1. The van der Waals surface area contributed by atoms with Crippen LogP contribution < -0.4 is 27.6 Å². The minimum atomic E-state index is -1.54. The molecule has 0 aliphatic carbocycles. The molecule has 0 radical (unpaired) electrons. The first-order valence-corrected chi connectivity index (χ1v) is 12.4. The molecule has 0 bridgehead atoms. The molecule has 0 aliphatic heterocycles. The summed E-state index contributed by atoms with van der Waals surface area (Å²) in [7, 11) is 0. The molecule has 3 amide bonds. The zero-order valence-electron chi connectivity index (χ0n) is 21.5. The topological polar surface area (TPSA) is 193 Å². The monoisotopic (exact) mass is 537 g/mol. The first-order chi connectivity index (χ1) is 18.5. The van der Waals surface area contributed by atoms with Crippen LogP contribution in [-0.4, -0.2) is 50.4 Å². The average Bonchev–Trinajstić information content (AvgIpc) is 2.87. The first-order valence-electron chi connectivity index (χ1n) is 12.4. The van der Waals surface area contributed by atoms with Crippen LogP contribution in [0.4, 0.5) is 0 Å². The van der Waals surface area contributed by atoms with Gasteiger partial charge in [0.2, 0.25) is 17.7 Å². The third kappa shape index (κ3) is 7.40. The molecular weight excluding hydrogens is 506 g/mol. The summed E-state index contributed by atoms with van der Waals surface area (Å²) in [5.74, 6) is -4.12. The van der Waals surface area contributed by atoms with Crippen LogP contribution in [0.5, 0.6) is 0 Å². The van der Waals surface area contributed by atoms with Crippen LogP contribution in [0.3, 0.4) is 0 Å². The molecule has 3 aromatic rings. The van der Waals surface area contributed by atoms with E-state index in [0.29, 0.717) is 11.1 Å². The minimum Gasteiger partial charge on any atom is -0.480 e. The van der Waals surface area contributed by atoms with E-state index >= 15 is 0 Å². The van der Waals surface area contributed by atoms with E-state index in [2.05, 4.69) is 15.6 Å². The van der Waals surface area contributed by atoms with Gasteiger partial charge in [-0.15, -0.1) is 0 Å². The number of nitrogens with one attached hydrogen (secondary N) is 3. The Morgan fingerprint density at radius 3 is 2.15 bits per heavy atom. The van der Waals surface area contributed by atoms with Crippen molar-refractivity contribution in [2.75, 3.05) is 0 Å². The zero-order chi connectivity index (χ0) is 28.7. The highest BCUT2D eigenvalue weighted by molar-refractivity contribution is 5.94. The number of aliphatic carboxylic acids is 1. The molecule has 206 valence electrons. The highest BCUT2D eigenvalue weighted by Gasteiger charge is 2.32. The van der Waals surface area contributed by atoms with Gasteiger partial charge in [-0.2, -0.15) is 0 Å². The van der Waals surface area contributed by atoms with Crippen molar-refractivity contribution in [3.05, 3.63) is 81.0 Å². The van der Waals surface area contributed by atoms with Crippen LogP contribution in [0.2, 0.25) is 0 Å². The third-order valence-corrected chi connectivity index (χ3v) is 6.08. The fraction of sp³-hybridized carbons (Fsp3) is 0.333. The summed E-state index contributed by atoms with van der Waals surface area (Å²) in [5, 5.41) is 14.4. The van der Waals surface area contributed by atoms with Crippen LogP contribution >= 0.6 is 0 Å². The minimum absolute atomic E-state index is 0.0719. The average molecular weight is 538 g/mol. The standard InChI is InChI=1S/C27H31N5O7/c1-15(2)12-20(26(37)38)30-23(34)19(14-22(28)33)29-24(35)21(13-16-8-4-3-5-9-16)32-25(36)17-10-6-7-11-18(17)31-27(32)39/h3-11,15,19-21H,12-14H2,1-2H3,(H2,28,33)(H,29,35)(H,30,34)(H,31,39)(H,37,38). The maximum absolute atomic E-state index is 13.6. The maximum atomic E-state index is 13.6. The van der Waals surface area contributed by atoms with E-state index in [1.54, 1.807) is 62.4 Å². The fourth-order valence-corrected chi connectivity index (χ4v) is 4.24. The Bertz CT molecular complexity index is 1480. The molecule has 1 aromatic heterocycles. The van der Waals surface area contributed by atoms with Gasteiger partial charge in [0, 0.05) is 6.42 Å². The van der Waals surface area contributed by atoms with Gasteiger partial charge in [-0.1, -0.05) is 56.3 Å². The summed E-state index contributed by atoms with van der Waals surface area (Å²) in [6.45, 7) is 3.55. The van der Waals surface area contributed by atoms with Gasteiger partial charge in [0.25, 0.3) is 5.56 Å². The van der Waals surface area contributed by atoms with Crippen molar-refractivity contribution in [3.63, 3.8) is 0 Å². The summed E-state index contributed by atoms with van der Waals surface area (Å²) in [5.41, 5.74) is 4.66. The quantitative estimate of drug-likeness (QED) is 0.221. The molecule has 0 saturated heterocycles. The van der Waals surface area contributed by atoms with Crippen LogP contribution in [0.15, 0.2) is 64.2 Å². The van der Waals surface area contributed by atoms with Gasteiger partial charge in [-0.05, 0) is 30.0 Å². The van der Waals surface area contributed by atoms with Crippen LogP contribution in [0.1, 0.15) is 38.3 Å². The van der Waals surface area contributed by atoms with Gasteiger partial charge in [0.1, 0.15) is 18.1 Å². The van der Waals surface area contributed by atoms with Crippen LogP contribution in [0.25, 0.3) is 10.9 Å².